The first-order valence-corrected chi connectivity index (χ1v) is 11.5. The molecule has 3 rings (SSSR count). The van der Waals surface area contributed by atoms with Crippen LogP contribution in [-0.4, -0.2) is 80.4 Å². The van der Waals surface area contributed by atoms with Crippen LogP contribution in [-0.2, 0) is 22.6 Å². The van der Waals surface area contributed by atoms with E-state index < -0.39 is 0 Å². The van der Waals surface area contributed by atoms with Gasteiger partial charge in [-0.15, -0.1) is 0 Å². The van der Waals surface area contributed by atoms with E-state index in [0.717, 1.165) is 58.2 Å². The number of hydrogen-bond donors (Lipinski definition) is 2. The molecule has 2 saturated heterocycles. The van der Waals surface area contributed by atoms with E-state index in [4.69, 9.17) is 14.5 Å². The Kier molecular flexibility index (Phi) is 9.42. The van der Waals surface area contributed by atoms with Gasteiger partial charge in [-0.05, 0) is 37.8 Å². The molecule has 0 aromatic heterocycles. The normalized spacial score (nSPS) is 18.6. The highest BCUT2D eigenvalue weighted by molar-refractivity contribution is 5.80. The Bertz CT molecular complexity index is 713. The summed E-state index contributed by atoms with van der Waals surface area (Å²) >= 11 is 0. The largest absolute Gasteiger partial charge is 0.450 e. The van der Waals surface area contributed by atoms with Gasteiger partial charge < -0.3 is 25.0 Å². The number of likely N-dealkylation sites (tertiary alicyclic amines) is 1. The van der Waals surface area contributed by atoms with Crippen molar-refractivity contribution in [1.82, 2.24) is 20.4 Å². The minimum Gasteiger partial charge on any atom is -0.450 e. The summed E-state index contributed by atoms with van der Waals surface area (Å²) in [6.45, 7) is 11.8. The molecule has 0 spiro atoms. The minimum absolute atomic E-state index is 0.210. The van der Waals surface area contributed by atoms with Gasteiger partial charge in [0.25, 0.3) is 0 Å². The number of ether oxygens (including phenoxy) is 2. The molecule has 31 heavy (non-hydrogen) atoms. The Labute approximate surface area is 186 Å². The second kappa shape index (κ2) is 12.5. The summed E-state index contributed by atoms with van der Waals surface area (Å²) in [5, 5.41) is 6.88. The fourth-order valence-corrected chi connectivity index (χ4v) is 3.95. The van der Waals surface area contributed by atoms with Crippen LogP contribution in [0.3, 0.4) is 0 Å². The monoisotopic (exact) mass is 431 g/mol. The highest BCUT2D eigenvalue weighted by Gasteiger charge is 2.24. The Morgan fingerprint density at radius 1 is 1.16 bits per heavy atom. The van der Waals surface area contributed by atoms with E-state index in [1.807, 2.05) is 6.92 Å². The molecule has 2 aliphatic rings. The number of piperidine rings is 1. The lowest BCUT2D eigenvalue weighted by Crippen LogP contribution is -2.49. The predicted molar refractivity (Wildman–Crippen MR) is 122 cm³/mol. The third-order valence-corrected chi connectivity index (χ3v) is 5.63. The van der Waals surface area contributed by atoms with E-state index in [2.05, 4.69) is 46.7 Å². The smallest absolute Gasteiger partial charge is 0.409 e. The van der Waals surface area contributed by atoms with Crippen LogP contribution in [0.4, 0.5) is 4.79 Å². The summed E-state index contributed by atoms with van der Waals surface area (Å²) in [4.78, 5) is 20.9. The summed E-state index contributed by atoms with van der Waals surface area (Å²) < 4.78 is 10.5. The average molecular weight is 432 g/mol. The van der Waals surface area contributed by atoms with Crippen LogP contribution in [0.15, 0.2) is 29.3 Å². The van der Waals surface area contributed by atoms with Crippen molar-refractivity contribution in [2.45, 2.75) is 45.8 Å². The van der Waals surface area contributed by atoms with E-state index in [0.29, 0.717) is 32.3 Å². The van der Waals surface area contributed by atoms with E-state index in [9.17, 15) is 4.79 Å². The molecule has 172 valence electrons. The van der Waals surface area contributed by atoms with Crippen molar-refractivity contribution in [3.63, 3.8) is 0 Å². The van der Waals surface area contributed by atoms with Gasteiger partial charge in [0.05, 0.1) is 26.4 Å². The quantitative estimate of drug-likeness (QED) is 0.509. The lowest BCUT2D eigenvalue weighted by molar-refractivity contribution is 0.0342. The number of benzene rings is 1. The first kappa shape index (κ1) is 23.3. The number of morpholine rings is 1. The van der Waals surface area contributed by atoms with Crippen LogP contribution >= 0.6 is 0 Å². The summed E-state index contributed by atoms with van der Waals surface area (Å²) in [5.74, 6) is 0.829. The third-order valence-electron chi connectivity index (χ3n) is 5.63. The maximum absolute atomic E-state index is 11.9. The zero-order valence-corrected chi connectivity index (χ0v) is 18.9. The summed E-state index contributed by atoms with van der Waals surface area (Å²) in [6, 6.07) is 8.99. The fourth-order valence-electron chi connectivity index (χ4n) is 3.95. The summed E-state index contributed by atoms with van der Waals surface area (Å²) in [7, 11) is 0. The number of nitrogens with zero attached hydrogens (tertiary/aromatic N) is 3. The van der Waals surface area contributed by atoms with Gasteiger partial charge in [0.15, 0.2) is 5.96 Å². The lowest BCUT2D eigenvalue weighted by atomic mass is 10.1. The number of amides is 1. The van der Waals surface area contributed by atoms with Gasteiger partial charge >= 0.3 is 6.09 Å². The molecule has 1 amide bonds. The average Bonchev–Trinajstić information content (AvgIpc) is 2.79. The maximum Gasteiger partial charge on any atom is 0.409 e. The molecular formula is C23H37N5O3. The molecule has 8 nitrogen and oxygen atoms in total. The van der Waals surface area contributed by atoms with Gasteiger partial charge in [0.1, 0.15) is 0 Å². The first-order chi connectivity index (χ1) is 15.2. The maximum atomic E-state index is 11.9. The topological polar surface area (TPSA) is 78.4 Å². The van der Waals surface area contributed by atoms with Crippen LogP contribution < -0.4 is 10.6 Å². The van der Waals surface area contributed by atoms with Gasteiger partial charge in [-0.25, -0.2) is 9.79 Å². The van der Waals surface area contributed by atoms with Crippen LogP contribution in [0, 0.1) is 0 Å². The third kappa shape index (κ3) is 7.70. The highest BCUT2D eigenvalue weighted by Crippen LogP contribution is 2.13. The van der Waals surface area contributed by atoms with Crippen LogP contribution in [0.2, 0.25) is 0 Å². The van der Waals surface area contributed by atoms with Crippen molar-refractivity contribution in [3.8, 4) is 0 Å². The Hall–Kier alpha value is -2.32. The summed E-state index contributed by atoms with van der Waals surface area (Å²) in [6.07, 6.45) is 1.56. The van der Waals surface area contributed by atoms with Crippen molar-refractivity contribution < 1.29 is 14.3 Å². The molecule has 0 saturated carbocycles. The second-order valence-electron chi connectivity index (χ2n) is 8.01. The standard InChI is InChI=1S/C23H37N5O3/c1-3-24-22(26-21-8-10-28(11-9-21)23(29)31-4-2)25-17-19-6-5-7-20(16-19)18-27-12-14-30-15-13-27/h5-7,16,21H,3-4,8-15,17-18H2,1-2H3,(H2,24,25,26). The molecule has 2 fully saturated rings. The molecule has 0 unspecified atom stereocenters. The zero-order chi connectivity index (χ0) is 21.9. The van der Waals surface area contributed by atoms with E-state index in [-0.39, 0.29) is 6.09 Å². The van der Waals surface area contributed by atoms with Crippen LogP contribution in [0.5, 0.6) is 0 Å². The van der Waals surface area contributed by atoms with Crippen LogP contribution in [0.1, 0.15) is 37.8 Å². The van der Waals surface area contributed by atoms with Crippen molar-refractivity contribution in [2.75, 3.05) is 52.5 Å². The summed E-state index contributed by atoms with van der Waals surface area (Å²) in [5.41, 5.74) is 2.53. The molecule has 0 radical (unpaired) electrons. The molecule has 8 heteroatoms. The molecule has 0 aliphatic carbocycles. The Balaban J connectivity index is 1.51. The molecule has 0 atom stereocenters. The van der Waals surface area contributed by atoms with Crippen molar-refractivity contribution in [3.05, 3.63) is 35.4 Å². The number of hydrogen-bond acceptors (Lipinski definition) is 5. The number of guanidine groups is 1. The number of rotatable bonds is 7. The van der Waals surface area contributed by atoms with E-state index >= 15 is 0 Å². The number of carbonyl (C=O) groups excluding carboxylic acids is 1. The first-order valence-electron chi connectivity index (χ1n) is 11.5. The number of carbonyl (C=O) groups is 1. The number of nitrogens with one attached hydrogen (secondary N) is 2. The van der Waals surface area contributed by atoms with Crippen molar-refractivity contribution >= 4 is 12.1 Å². The van der Waals surface area contributed by atoms with Gasteiger partial charge in [-0.1, -0.05) is 24.3 Å². The molecule has 1 aromatic carbocycles. The van der Waals surface area contributed by atoms with E-state index in [1.54, 1.807) is 4.90 Å². The molecule has 2 N–H and O–H groups in total. The van der Waals surface area contributed by atoms with E-state index in [1.165, 1.54) is 11.1 Å². The van der Waals surface area contributed by atoms with Crippen molar-refractivity contribution in [2.24, 2.45) is 4.99 Å². The van der Waals surface area contributed by atoms with Crippen molar-refractivity contribution in [1.29, 1.82) is 0 Å². The zero-order valence-electron chi connectivity index (χ0n) is 18.9. The predicted octanol–water partition coefficient (Wildman–Crippen LogP) is 2.19. The second-order valence-corrected chi connectivity index (χ2v) is 8.01. The minimum atomic E-state index is -0.210. The number of aliphatic imine (C=N–C) groups is 1. The van der Waals surface area contributed by atoms with Gasteiger partial charge in [-0.2, -0.15) is 0 Å². The van der Waals surface area contributed by atoms with Gasteiger partial charge in [0.2, 0.25) is 0 Å². The fraction of sp³-hybridized carbons (Fsp3) is 0.652. The van der Waals surface area contributed by atoms with Crippen LogP contribution in [0.25, 0.3) is 0 Å². The highest BCUT2D eigenvalue weighted by atomic mass is 16.6. The molecule has 0 bridgehead atoms. The molecule has 2 heterocycles. The molecule has 2 aliphatic heterocycles. The lowest BCUT2D eigenvalue weighted by Gasteiger charge is -2.32. The molecule has 1 aromatic rings. The Morgan fingerprint density at radius 2 is 1.90 bits per heavy atom. The van der Waals surface area contributed by atoms with Gasteiger partial charge in [-0.3, -0.25) is 4.90 Å². The van der Waals surface area contributed by atoms with Gasteiger partial charge in [0, 0.05) is 45.3 Å². The SMILES string of the molecule is CCNC(=NCc1cccc(CN2CCOCC2)c1)NC1CCN(C(=O)OCC)CC1. The molecular weight excluding hydrogens is 394 g/mol. The Morgan fingerprint density at radius 3 is 2.61 bits per heavy atom.